The number of nitrogens with one attached hydrogen (secondary N) is 1. The first-order valence-corrected chi connectivity index (χ1v) is 12.1. The van der Waals surface area contributed by atoms with Gasteiger partial charge in [-0.25, -0.2) is 4.98 Å². The highest BCUT2D eigenvalue weighted by atomic mass is 32.1. The SMILES string of the molecule is CC(CN1CCOCC1)N(Cc1ccccc1)Cc1nc2sc3c(c2c(=O)[nH]1)CCC3. The van der Waals surface area contributed by atoms with Crippen LogP contribution in [-0.4, -0.2) is 58.7 Å². The van der Waals surface area contributed by atoms with Crippen LogP contribution in [0.2, 0.25) is 0 Å². The summed E-state index contributed by atoms with van der Waals surface area (Å²) in [5.41, 5.74) is 2.54. The number of benzene rings is 1. The van der Waals surface area contributed by atoms with E-state index in [9.17, 15) is 4.79 Å². The van der Waals surface area contributed by atoms with E-state index in [1.807, 2.05) is 6.07 Å². The fourth-order valence-corrected chi connectivity index (χ4v) is 6.05. The van der Waals surface area contributed by atoms with E-state index in [0.29, 0.717) is 12.6 Å². The summed E-state index contributed by atoms with van der Waals surface area (Å²) in [5.74, 6) is 0.766. The number of aromatic nitrogens is 2. The quantitative estimate of drug-likeness (QED) is 0.614. The molecule has 0 amide bonds. The van der Waals surface area contributed by atoms with E-state index in [1.165, 1.54) is 16.0 Å². The molecule has 1 aliphatic heterocycles. The van der Waals surface area contributed by atoms with Crippen molar-refractivity contribution >= 4 is 21.6 Å². The maximum atomic E-state index is 12.9. The van der Waals surface area contributed by atoms with Gasteiger partial charge in [0.05, 0.1) is 25.1 Å². The lowest BCUT2D eigenvalue weighted by atomic mass is 10.1. The number of hydrogen-bond donors (Lipinski definition) is 1. The third kappa shape index (κ3) is 4.60. The number of ether oxygens (including phenoxy) is 1. The number of fused-ring (bicyclic) bond motifs is 3. The molecule has 3 aromatic rings. The summed E-state index contributed by atoms with van der Waals surface area (Å²) in [6.07, 6.45) is 3.25. The topological polar surface area (TPSA) is 61.5 Å². The van der Waals surface area contributed by atoms with Crippen LogP contribution >= 0.6 is 11.3 Å². The van der Waals surface area contributed by atoms with E-state index in [-0.39, 0.29) is 5.56 Å². The molecule has 1 fully saturated rings. The molecule has 7 heteroatoms. The van der Waals surface area contributed by atoms with Crippen molar-refractivity contribution in [1.29, 1.82) is 0 Å². The maximum Gasteiger partial charge on any atom is 0.259 e. The molecule has 1 aromatic carbocycles. The molecule has 1 N–H and O–H groups in total. The molecule has 0 radical (unpaired) electrons. The molecule has 2 aromatic heterocycles. The Morgan fingerprint density at radius 3 is 2.81 bits per heavy atom. The van der Waals surface area contributed by atoms with Gasteiger partial charge in [-0.05, 0) is 37.3 Å². The van der Waals surface area contributed by atoms with Crippen LogP contribution in [0.3, 0.4) is 0 Å². The second kappa shape index (κ2) is 9.20. The van der Waals surface area contributed by atoms with Crippen LogP contribution in [-0.2, 0) is 30.7 Å². The van der Waals surface area contributed by atoms with Gasteiger partial charge in [-0.2, -0.15) is 0 Å². The molecule has 5 rings (SSSR count). The third-order valence-corrected chi connectivity index (χ3v) is 7.64. The minimum atomic E-state index is 0.0277. The van der Waals surface area contributed by atoms with Crippen LogP contribution < -0.4 is 5.56 Å². The second-order valence-corrected chi connectivity index (χ2v) is 9.79. The van der Waals surface area contributed by atoms with Crippen molar-refractivity contribution in [2.75, 3.05) is 32.8 Å². The highest BCUT2D eigenvalue weighted by Crippen LogP contribution is 2.34. The van der Waals surface area contributed by atoms with Gasteiger partial charge in [0.25, 0.3) is 5.56 Å². The van der Waals surface area contributed by atoms with Crippen LogP contribution in [0.4, 0.5) is 0 Å². The zero-order valence-electron chi connectivity index (χ0n) is 18.1. The summed E-state index contributed by atoms with van der Waals surface area (Å²) in [6.45, 7) is 8.28. The number of aryl methyl sites for hydroxylation is 2. The van der Waals surface area contributed by atoms with E-state index in [0.717, 1.165) is 74.7 Å². The fraction of sp³-hybridized carbons (Fsp3) is 0.500. The van der Waals surface area contributed by atoms with Gasteiger partial charge in [-0.3, -0.25) is 14.6 Å². The summed E-state index contributed by atoms with van der Waals surface area (Å²) < 4.78 is 5.51. The van der Waals surface area contributed by atoms with Crippen molar-refractivity contribution in [3.05, 3.63) is 62.5 Å². The van der Waals surface area contributed by atoms with Gasteiger partial charge < -0.3 is 9.72 Å². The van der Waals surface area contributed by atoms with Gasteiger partial charge in [0, 0.05) is 37.1 Å². The second-order valence-electron chi connectivity index (χ2n) is 8.70. The lowest BCUT2D eigenvalue weighted by Gasteiger charge is -2.35. The first-order chi connectivity index (χ1) is 15.2. The highest BCUT2D eigenvalue weighted by molar-refractivity contribution is 7.18. The number of H-pyrrole nitrogens is 1. The number of aromatic amines is 1. The lowest BCUT2D eigenvalue weighted by Crippen LogP contribution is -2.46. The summed E-state index contributed by atoms with van der Waals surface area (Å²) >= 11 is 1.71. The van der Waals surface area contributed by atoms with Gasteiger partial charge >= 0.3 is 0 Å². The van der Waals surface area contributed by atoms with E-state index in [2.05, 4.69) is 46.0 Å². The molecule has 0 saturated carbocycles. The summed E-state index contributed by atoms with van der Waals surface area (Å²) in [7, 11) is 0. The molecule has 1 saturated heterocycles. The number of thiophene rings is 1. The Kier molecular flexibility index (Phi) is 6.18. The lowest BCUT2D eigenvalue weighted by molar-refractivity contribution is 0.0223. The van der Waals surface area contributed by atoms with Gasteiger partial charge in [-0.15, -0.1) is 11.3 Å². The van der Waals surface area contributed by atoms with Crippen molar-refractivity contribution in [1.82, 2.24) is 19.8 Å². The molecule has 1 unspecified atom stereocenters. The predicted molar refractivity (Wildman–Crippen MR) is 125 cm³/mol. The molecule has 1 aliphatic carbocycles. The van der Waals surface area contributed by atoms with Crippen molar-refractivity contribution in [2.24, 2.45) is 0 Å². The normalized spacial score (nSPS) is 18.0. The Balaban J connectivity index is 1.40. The van der Waals surface area contributed by atoms with Crippen LogP contribution in [0.5, 0.6) is 0 Å². The van der Waals surface area contributed by atoms with Crippen LogP contribution in [0.1, 0.15) is 35.2 Å². The van der Waals surface area contributed by atoms with Crippen LogP contribution in [0.25, 0.3) is 10.2 Å². The average Bonchev–Trinajstić information content (AvgIpc) is 3.36. The molecule has 3 heterocycles. The van der Waals surface area contributed by atoms with Crippen molar-refractivity contribution in [2.45, 2.75) is 45.3 Å². The molecule has 0 spiro atoms. The minimum Gasteiger partial charge on any atom is -0.379 e. The smallest absolute Gasteiger partial charge is 0.259 e. The van der Waals surface area contributed by atoms with E-state index >= 15 is 0 Å². The Morgan fingerprint density at radius 1 is 1.19 bits per heavy atom. The number of nitrogens with zero attached hydrogens (tertiary/aromatic N) is 3. The van der Waals surface area contributed by atoms with Crippen LogP contribution in [0.15, 0.2) is 35.1 Å². The zero-order chi connectivity index (χ0) is 21.2. The Hall–Kier alpha value is -2.06. The minimum absolute atomic E-state index is 0.0277. The van der Waals surface area contributed by atoms with Crippen LogP contribution in [0, 0.1) is 0 Å². The molecule has 6 nitrogen and oxygen atoms in total. The third-order valence-electron chi connectivity index (χ3n) is 6.45. The predicted octanol–water partition coefficient (Wildman–Crippen LogP) is 3.20. The number of hydrogen-bond acceptors (Lipinski definition) is 6. The number of rotatable bonds is 7. The average molecular weight is 439 g/mol. The van der Waals surface area contributed by atoms with E-state index in [4.69, 9.17) is 9.72 Å². The fourth-order valence-electron chi connectivity index (χ4n) is 4.77. The summed E-state index contributed by atoms with van der Waals surface area (Å²) in [6, 6.07) is 10.9. The van der Waals surface area contributed by atoms with Gasteiger partial charge in [0.1, 0.15) is 10.7 Å². The van der Waals surface area contributed by atoms with Gasteiger partial charge in [0.15, 0.2) is 0 Å². The zero-order valence-corrected chi connectivity index (χ0v) is 18.9. The summed E-state index contributed by atoms with van der Waals surface area (Å²) in [4.78, 5) is 28.1. The Bertz CT molecular complexity index is 1090. The molecule has 164 valence electrons. The molecule has 0 bridgehead atoms. The van der Waals surface area contributed by atoms with E-state index < -0.39 is 0 Å². The molecule has 1 atom stereocenters. The first-order valence-electron chi connectivity index (χ1n) is 11.3. The van der Waals surface area contributed by atoms with Crippen molar-refractivity contribution in [3.8, 4) is 0 Å². The standard InChI is InChI=1S/C24H30N4O2S/c1-17(14-27-10-12-30-13-11-27)28(15-18-6-3-2-4-7-18)16-21-25-23(29)22-19-8-5-9-20(19)31-24(22)26-21/h2-4,6-7,17H,5,8-16H2,1H3,(H,25,26,29). The van der Waals surface area contributed by atoms with E-state index in [1.54, 1.807) is 11.3 Å². The summed E-state index contributed by atoms with van der Waals surface area (Å²) in [5, 5.41) is 0.831. The molecule has 31 heavy (non-hydrogen) atoms. The highest BCUT2D eigenvalue weighted by Gasteiger charge is 2.23. The van der Waals surface area contributed by atoms with Crippen molar-refractivity contribution < 1.29 is 4.74 Å². The number of morpholine rings is 1. The monoisotopic (exact) mass is 438 g/mol. The van der Waals surface area contributed by atoms with Gasteiger partial charge in [-0.1, -0.05) is 30.3 Å². The Morgan fingerprint density at radius 2 is 2.00 bits per heavy atom. The van der Waals surface area contributed by atoms with Crippen molar-refractivity contribution in [3.63, 3.8) is 0 Å². The molecular formula is C24H30N4O2S. The van der Waals surface area contributed by atoms with Gasteiger partial charge in [0.2, 0.25) is 0 Å². The molecular weight excluding hydrogens is 408 g/mol. The Labute approximate surface area is 186 Å². The first kappa shape index (κ1) is 20.8. The molecule has 2 aliphatic rings. The largest absolute Gasteiger partial charge is 0.379 e. The maximum absolute atomic E-state index is 12.9.